The molecule has 0 fully saturated rings. The molecule has 0 amide bonds. The molecule has 0 aliphatic heterocycles. The summed E-state index contributed by atoms with van der Waals surface area (Å²) < 4.78 is 18.4. The van der Waals surface area contributed by atoms with Gasteiger partial charge < -0.3 is 4.74 Å². The van der Waals surface area contributed by atoms with Crippen molar-refractivity contribution in [3.8, 4) is 10.9 Å². The van der Waals surface area contributed by atoms with Gasteiger partial charge in [0.15, 0.2) is 11.6 Å². The van der Waals surface area contributed by atoms with Gasteiger partial charge in [0.2, 0.25) is 0 Å². The Labute approximate surface area is 85.0 Å². The molecule has 0 saturated heterocycles. The van der Waals surface area contributed by atoms with Gasteiger partial charge in [0, 0.05) is 11.1 Å². The van der Waals surface area contributed by atoms with Crippen LogP contribution in [0.2, 0.25) is 0 Å². The molecule has 4 heteroatoms. The molecular formula is C10H8FNOS. The summed E-state index contributed by atoms with van der Waals surface area (Å²) in [5.41, 5.74) is 0. The van der Waals surface area contributed by atoms with Crippen molar-refractivity contribution >= 4 is 11.3 Å². The maximum Gasteiger partial charge on any atom is 0.278 e. The van der Waals surface area contributed by atoms with Gasteiger partial charge in [-0.1, -0.05) is 23.5 Å². The first-order chi connectivity index (χ1) is 6.75. The van der Waals surface area contributed by atoms with Crippen LogP contribution in [0.1, 0.15) is 4.88 Å². The number of nitrogens with zero attached hydrogens (tertiary/aromatic N) is 1. The highest BCUT2D eigenvalue weighted by atomic mass is 32.1. The predicted molar refractivity (Wildman–Crippen MR) is 53.3 cm³/mol. The molecular weight excluding hydrogens is 201 g/mol. The molecule has 0 radical (unpaired) electrons. The molecule has 0 atom stereocenters. The second-order valence-corrected chi connectivity index (χ2v) is 3.97. The van der Waals surface area contributed by atoms with Crippen LogP contribution in [0.25, 0.3) is 0 Å². The summed E-state index contributed by atoms with van der Waals surface area (Å²) in [6.07, 6.45) is 1.70. The highest BCUT2D eigenvalue weighted by Crippen LogP contribution is 2.27. The van der Waals surface area contributed by atoms with Crippen molar-refractivity contribution in [1.29, 1.82) is 0 Å². The van der Waals surface area contributed by atoms with Gasteiger partial charge in [-0.25, -0.2) is 9.37 Å². The van der Waals surface area contributed by atoms with Crippen LogP contribution in [0, 0.1) is 12.7 Å². The van der Waals surface area contributed by atoms with E-state index >= 15 is 0 Å². The summed E-state index contributed by atoms with van der Waals surface area (Å²) in [5.74, 6) is -0.165. The highest BCUT2D eigenvalue weighted by molar-refractivity contribution is 7.13. The van der Waals surface area contributed by atoms with Crippen LogP contribution >= 0.6 is 11.3 Å². The molecule has 0 unspecified atom stereocenters. The van der Waals surface area contributed by atoms with E-state index in [0.717, 1.165) is 4.88 Å². The van der Waals surface area contributed by atoms with Crippen LogP contribution in [0.3, 0.4) is 0 Å². The lowest BCUT2D eigenvalue weighted by atomic mass is 10.3. The van der Waals surface area contributed by atoms with Crippen LogP contribution in [0.15, 0.2) is 30.5 Å². The van der Waals surface area contributed by atoms with Gasteiger partial charge in [0.1, 0.15) is 0 Å². The lowest BCUT2D eigenvalue weighted by Crippen LogP contribution is -1.85. The zero-order valence-corrected chi connectivity index (χ0v) is 8.34. The van der Waals surface area contributed by atoms with Crippen molar-refractivity contribution in [3.63, 3.8) is 0 Å². The Bertz CT molecular complexity index is 441. The van der Waals surface area contributed by atoms with Crippen molar-refractivity contribution in [1.82, 2.24) is 4.98 Å². The Balaban J connectivity index is 2.23. The second-order valence-electron chi connectivity index (χ2n) is 2.77. The zero-order chi connectivity index (χ0) is 9.97. The SMILES string of the molecule is Cc1cnc(Oc2ccccc2F)s1. The Morgan fingerprint density at radius 2 is 2.14 bits per heavy atom. The van der Waals surface area contributed by atoms with E-state index in [1.807, 2.05) is 6.92 Å². The molecule has 2 rings (SSSR count). The summed E-state index contributed by atoms with van der Waals surface area (Å²) >= 11 is 1.39. The number of ether oxygens (including phenoxy) is 1. The Morgan fingerprint density at radius 1 is 1.36 bits per heavy atom. The van der Waals surface area contributed by atoms with Crippen LogP contribution in [-0.4, -0.2) is 4.98 Å². The number of hydrogen-bond donors (Lipinski definition) is 0. The lowest BCUT2D eigenvalue weighted by Gasteiger charge is -2.01. The minimum Gasteiger partial charge on any atom is -0.428 e. The summed E-state index contributed by atoms with van der Waals surface area (Å²) in [6.45, 7) is 1.92. The number of hydrogen-bond acceptors (Lipinski definition) is 3. The third-order valence-corrected chi connectivity index (χ3v) is 2.42. The first kappa shape index (κ1) is 9.15. The molecule has 72 valence electrons. The average Bonchev–Trinajstić information content (AvgIpc) is 2.56. The van der Waals surface area contributed by atoms with Crippen LogP contribution < -0.4 is 4.74 Å². The van der Waals surface area contributed by atoms with E-state index in [-0.39, 0.29) is 11.6 Å². The van der Waals surface area contributed by atoms with Crippen molar-refractivity contribution in [2.45, 2.75) is 6.92 Å². The summed E-state index contributed by atoms with van der Waals surface area (Å²) in [4.78, 5) is 5.02. The second kappa shape index (κ2) is 3.75. The third-order valence-electron chi connectivity index (χ3n) is 1.63. The van der Waals surface area contributed by atoms with E-state index in [4.69, 9.17) is 4.74 Å². The van der Waals surface area contributed by atoms with Crippen molar-refractivity contribution in [3.05, 3.63) is 41.2 Å². The van der Waals surface area contributed by atoms with E-state index in [1.165, 1.54) is 17.4 Å². The average molecular weight is 209 g/mol. The molecule has 1 aromatic carbocycles. The Kier molecular flexibility index (Phi) is 2.45. The van der Waals surface area contributed by atoms with Crippen molar-refractivity contribution < 1.29 is 9.13 Å². The molecule has 1 aromatic heterocycles. The highest BCUT2D eigenvalue weighted by Gasteiger charge is 2.05. The van der Waals surface area contributed by atoms with Crippen LogP contribution in [-0.2, 0) is 0 Å². The largest absolute Gasteiger partial charge is 0.428 e. The maximum absolute atomic E-state index is 13.1. The Morgan fingerprint density at radius 3 is 2.79 bits per heavy atom. The van der Waals surface area contributed by atoms with E-state index < -0.39 is 0 Å². The minimum atomic E-state index is -0.375. The number of halogens is 1. The fourth-order valence-corrected chi connectivity index (χ4v) is 1.62. The van der Waals surface area contributed by atoms with Gasteiger partial charge >= 0.3 is 0 Å². The number of thiazole rings is 1. The van der Waals surface area contributed by atoms with E-state index in [9.17, 15) is 4.39 Å². The normalized spacial score (nSPS) is 10.1. The molecule has 0 aliphatic carbocycles. The number of rotatable bonds is 2. The fraction of sp³-hybridized carbons (Fsp3) is 0.100. The summed E-state index contributed by atoms with van der Waals surface area (Å²) in [6, 6.07) is 6.27. The van der Waals surface area contributed by atoms with Gasteiger partial charge in [0.05, 0.1) is 0 Å². The van der Waals surface area contributed by atoms with Gasteiger partial charge in [-0.2, -0.15) is 0 Å². The standard InChI is InChI=1S/C10H8FNOS/c1-7-6-12-10(14-7)13-9-5-3-2-4-8(9)11/h2-6H,1H3. The maximum atomic E-state index is 13.1. The molecule has 0 bridgehead atoms. The first-order valence-electron chi connectivity index (χ1n) is 4.10. The van der Waals surface area contributed by atoms with Crippen molar-refractivity contribution in [2.75, 3.05) is 0 Å². The summed E-state index contributed by atoms with van der Waals surface area (Å²) in [5, 5.41) is 0.465. The topological polar surface area (TPSA) is 22.1 Å². The predicted octanol–water partition coefficient (Wildman–Crippen LogP) is 3.38. The molecule has 0 N–H and O–H groups in total. The van der Waals surface area contributed by atoms with E-state index in [0.29, 0.717) is 5.19 Å². The molecule has 14 heavy (non-hydrogen) atoms. The molecule has 0 saturated carbocycles. The van der Waals surface area contributed by atoms with Crippen molar-refractivity contribution in [2.24, 2.45) is 0 Å². The summed E-state index contributed by atoms with van der Waals surface area (Å²) in [7, 11) is 0. The quantitative estimate of drug-likeness (QED) is 0.756. The van der Waals surface area contributed by atoms with Crippen LogP contribution in [0.4, 0.5) is 4.39 Å². The molecule has 2 aromatic rings. The van der Waals surface area contributed by atoms with Gasteiger partial charge in [-0.15, -0.1) is 0 Å². The number of benzene rings is 1. The molecule has 0 aliphatic rings. The molecule has 0 spiro atoms. The lowest BCUT2D eigenvalue weighted by molar-refractivity contribution is 0.439. The number of aromatic nitrogens is 1. The van der Waals surface area contributed by atoms with Gasteiger partial charge in [-0.3, -0.25) is 0 Å². The van der Waals surface area contributed by atoms with Gasteiger partial charge in [-0.05, 0) is 19.1 Å². The number of para-hydroxylation sites is 1. The monoisotopic (exact) mass is 209 g/mol. The molecule has 1 heterocycles. The minimum absolute atomic E-state index is 0.210. The zero-order valence-electron chi connectivity index (χ0n) is 7.53. The number of aryl methyl sites for hydroxylation is 1. The van der Waals surface area contributed by atoms with E-state index in [2.05, 4.69) is 4.98 Å². The molecule has 2 nitrogen and oxygen atoms in total. The fourth-order valence-electron chi connectivity index (χ4n) is 1.00. The third kappa shape index (κ3) is 1.90. The first-order valence-corrected chi connectivity index (χ1v) is 4.92. The van der Waals surface area contributed by atoms with Crippen LogP contribution in [0.5, 0.6) is 10.9 Å². The Hall–Kier alpha value is -1.42. The van der Waals surface area contributed by atoms with Gasteiger partial charge in [0.25, 0.3) is 5.19 Å². The van der Waals surface area contributed by atoms with E-state index in [1.54, 1.807) is 24.4 Å². The smallest absolute Gasteiger partial charge is 0.278 e.